The summed E-state index contributed by atoms with van der Waals surface area (Å²) in [6.07, 6.45) is 2.64. The van der Waals surface area contributed by atoms with E-state index >= 15 is 0 Å². The van der Waals surface area contributed by atoms with Crippen LogP contribution in [0.25, 0.3) is 0 Å². The summed E-state index contributed by atoms with van der Waals surface area (Å²) in [6, 6.07) is 9.06. The molecule has 1 N–H and O–H groups in total. The summed E-state index contributed by atoms with van der Waals surface area (Å²) in [5.74, 6) is 0.951. The molecule has 0 atom stereocenters. The van der Waals surface area contributed by atoms with Crippen LogP contribution in [0.4, 0.5) is 0 Å². The molecule has 0 spiro atoms. The molecule has 20 heavy (non-hydrogen) atoms. The molecule has 1 aliphatic rings. The van der Waals surface area contributed by atoms with Gasteiger partial charge in [-0.25, -0.2) is 0 Å². The molecule has 0 radical (unpaired) electrons. The van der Waals surface area contributed by atoms with Gasteiger partial charge in [0.25, 0.3) is 0 Å². The van der Waals surface area contributed by atoms with Gasteiger partial charge in [0.2, 0.25) is 0 Å². The molecule has 0 heterocycles. The van der Waals surface area contributed by atoms with Gasteiger partial charge >= 0.3 is 0 Å². The zero-order valence-corrected chi connectivity index (χ0v) is 12.6. The molecule has 1 saturated carbocycles. The predicted octanol–water partition coefficient (Wildman–Crippen LogP) is 1.90. The molecule has 1 fully saturated rings. The second-order valence-electron chi connectivity index (χ2n) is 5.28. The quantitative estimate of drug-likeness (QED) is 0.709. The Morgan fingerprint density at radius 2 is 1.85 bits per heavy atom. The average molecular weight is 278 g/mol. The minimum Gasteiger partial charge on any atom is -0.492 e. The van der Waals surface area contributed by atoms with Crippen molar-refractivity contribution in [2.75, 3.05) is 40.5 Å². The van der Waals surface area contributed by atoms with Crippen molar-refractivity contribution >= 4 is 0 Å². The minimum absolute atomic E-state index is 0.742. The van der Waals surface area contributed by atoms with E-state index in [1.165, 1.54) is 18.4 Å². The molecule has 4 nitrogen and oxygen atoms in total. The van der Waals surface area contributed by atoms with Crippen LogP contribution in [0.5, 0.6) is 5.75 Å². The number of methoxy groups -OCH3 is 1. The summed E-state index contributed by atoms with van der Waals surface area (Å²) in [4.78, 5) is 2.47. The summed E-state index contributed by atoms with van der Waals surface area (Å²) in [5.41, 5.74) is 1.28. The van der Waals surface area contributed by atoms with Crippen LogP contribution in [-0.4, -0.2) is 51.4 Å². The van der Waals surface area contributed by atoms with E-state index in [2.05, 4.69) is 22.3 Å². The molecule has 0 aromatic heterocycles. The van der Waals surface area contributed by atoms with E-state index in [1.807, 2.05) is 19.2 Å². The largest absolute Gasteiger partial charge is 0.492 e. The third kappa shape index (κ3) is 5.12. The lowest BCUT2D eigenvalue weighted by atomic mass is 10.2. The van der Waals surface area contributed by atoms with Gasteiger partial charge in [-0.05, 0) is 37.6 Å². The van der Waals surface area contributed by atoms with Crippen LogP contribution in [-0.2, 0) is 11.3 Å². The fraction of sp³-hybridized carbons (Fsp3) is 0.625. The van der Waals surface area contributed by atoms with E-state index in [4.69, 9.17) is 9.47 Å². The highest BCUT2D eigenvalue weighted by Crippen LogP contribution is 2.26. The third-order valence-electron chi connectivity index (χ3n) is 3.60. The predicted molar refractivity (Wildman–Crippen MR) is 81.2 cm³/mol. The van der Waals surface area contributed by atoms with Crippen molar-refractivity contribution in [1.29, 1.82) is 0 Å². The first-order valence-electron chi connectivity index (χ1n) is 7.43. The lowest BCUT2D eigenvalue weighted by Gasteiger charge is -2.21. The summed E-state index contributed by atoms with van der Waals surface area (Å²) in [6.45, 7) is 4.42. The van der Waals surface area contributed by atoms with Crippen molar-refractivity contribution in [3.05, 3.63) is 29.8 Å². The van der Waals surface area contributed by atoms with E-state index in [9.17, 15) is 0 Å². The SMILES string of the molecule is CNCc1ccc(OCCN(CCOC)C2CC2)cc1. The van der Waals surface area contributed by atoms with E-state index in [-0.39, 0.29) is 0 Å². The van der Waals surface area contributed by atoms with Gasteiger partial charge in [0, 0.05) is 32.8 Å². The maximum Gasteiger partial charge on any atom is 0.119 e. The number of hydrogen-bond acceptors (Lipinski definition) is 4. The van der Waals surface area contributed by atoms with Crippen molar-refractivity contribution < 1.29 is 9.47 Å². The monoisotopic (exact) mass is 278 g/mol. The number of benzene rings is 1. The van der Waals surface area contributed by atoms with Crippen LogP contribution >= 0.6 is 0 Å². The first-order valence-corrected chi connectivity index (χ1v) is 7.43. The molecule has 2 rings (SSSR count). The highest BCUT2D eigenvalue weighted by atomic mass is 16.5. The Hall–Kier alpha value is -1.10. The number of nitrogens with one attached hydrogen (secondary N) is 1. The van der Waals surface area contributed by atoms with Gasteiger partial charge < -0.3 is 14.8 Å². The van der Waals surface area contributed by atoms with Crippen molar-refractivity contribution in [1.82, 2.24) is 10.2 Å². The molecular formula is C16H26N2O2. The Morgan fingerprint density at radius 1 is 1.15 bits per heavy atom. The van der Waals surface area contributed by atoms with Gasteiger partial charge in [0.05, 0.1) is 6.61 Å². The zero-order valence-electron chi connectivity index (χ0n) is 12.6. The maximum absolute atomic E-state index is 5.82. The minimum atomic E-state index is 0.742. The standard InChI is InChI=1S/C16H26N2O2/c1-17-13-14-3-7-16(8-4-14)20-12-10-18(9-11-19-2)15-5-6-15/h3-4,7-8,15,17H,5-6,9-13H2,1-2H3. The van der Waals surface area contributed by atoms with E-state index < -0.39 is 0 Å². The Morgan fingerprint density at radius 3 is 2.45 bits per heavy atom. The highest BCUT2D eigenvalue weighted by Gasteiger charge is 2.28. The van der Waals surface area contributed by atoms with Crippen LogP contribution in [0.3, 0.4) is 0 Å². The second kappa shape index (κ2) is 8.25. The first kappa shape index (κ1) is 15.3. The van der Waals surface area contributed by atoms with Crippen LogP contribution in [0.2, 0.25) is 0 Å². The molecule has 0 unspecified atom stereocenters. The van der Waals surface area contributed by atoms with Crippen molar-refractivity contribution in [3.63, 3.8) is 0 Å². The van der Waals surface area contributed by atoms with E-state index in [1.54, 1.807) is 7.11 Å². The number of hydrogen-bond donors (Lipinski definition) is 1. The van der Waals surface area contributed by atoms with Crippen LogP contribution < -0.4 is 10.1 Å². The highest BCUT2D eigenvalue weighted by molar-refractivity contribution is 5.27. The van der Waals surface area contributed by atoms with Crippen molar-refractivity contribution in [3.8, 4) is 5.75 Å². The number of ether oxygens (including phenoxy) is 2. The van der Waals surface area contributed by atoms with Gasteiger partial charge in [-0.1, -0.05) is 12.1 Å². The molecule has 0 bridgehead atoms. The summed E-state index contributed by atoms with van der Waals surface area (Å²) < 4.78 is 11.0. The number of rotatable bonds is 10. The van der Waals surface area contributed by atoms with Crippen LogP contribution in [0, 0.1) is 0 Å². The molecular weight excluding hydrogens is 252 g/mol. The van der Waals surface area contributed by atoms with Crippen LogP contribution in [0.15, 0.2) is 24.3 Å². The van der Waals surface area contributed by atoms with Gasteiger partial charge in [0.15, 0.2) is 0 Å². The number of nitrogens with zero attached hydrogens (tertiary/aromatic N) is 1. The van der Waals surface area contributed by atoms with Crippen molar-refractivity contribution in [2.45, 2.75) is 25.4 Å². The van der Waals surface area contributed by atoms with Crippen LogP contribution in [0.1, 0.15) is 18.4 Å². The van der Waals surface area contributed by atoms with Gasteiger partial charge in [0.1, 0.15) is 12.4 Å². The fourth-order valence-corrected chi connectivity index (χ4v) is 2.31. The third-order valence-corrected chi connectivity index (χ3v) is 3.60. The topological polar surface area (TPSA) is 33.7 Å². The zero-order chi connectivity index (χ0) is 14.2. The second-order valence-corrected chi connectivity index (χ2v) is 5.28. The van der Waals surface area contributed by atoms with Gasteiger partial charge in [-0.2, -0.15) is 0 Å². The Bertz CT molecular complexity index is 377. The molecule has 0 aliphatic heterocycles. The molecule has 112 valence electrons. The average Bonchev–Trinajstić information content (AvgIpc) is 3.29. The Kier molecular flexibility index (Phi) is 6.30. The first-order chi connectivity index (χ1) is 9.83. The van der Waals surface area contributed by atoms with E-state index in [0.29, 0.717) is 0 Å². The molecule has 4 heteroatoms. The van der Waals surface area contributed by atoms with Gasteiger partial charge in [-0.3, -0.25) is 4.90 Å². The van der Waals surface area contributed by atoms with E-state index in [0.717, 1.165) is 44.6 Å². The van der Waals surface area contributed by atoms with Gasteiger partial charge in [-0.15, -0.1) is 0 Å². The molecule has 0 amide bonds. The maximum atomic E-state index is 5.82. The summed E-state index contributed by atoms with van der Waals surface area (Å²) in [7, 11) is 3.71. The van der Waals surface area contributed by atoms with Crippen molar-refractivity contribution in [2.24, 2.45) is 0 Å². The summed E-state index contributed by atoms with van der Waals surface area (Å²) in [5, 5.41) is 3.14. The summed E-state index contributed by atoms with van der Waals surface area (Å²) >= 11 is 0. The Labute approximate surface area is 122 Å². The fourth-order valence-electron chi connectivity index (χ4n) is 2.31. The molecule has 1 aromatic rings. The Balaban J connectivity index is 1.70. The lowest BCUT2D eigenvalue weighted by Crippen LogP contribution is -2.33. The molecule has 0 saturated heterocycles. The molecule has 1 aliphatic carbocycles. The normalized spacial score (nSPS) is 14.8. The smallest absolute Gasteiger partial charge is 0.119 e. The lowest BCUT2D eigenvalue weighted by molar-refractivity contribution is 0.130. The molecule has 1 aromatic carbocycles.